The molecule has 94 valence electrons. The molecule has 0 N–H and O–H groups in total. The van der Waals surface area contributed by atoms with Gasteiger partial charge in [-0.25, -0.2) is 0 Å². The second-order valence-electron chi connectivity index (χ2n) is 4.52. The molecule has 2 aliphatic rings. The molecule has 0 bridgehead atoms. The Labute approximate surface area is 107 Å². The van der Waals surface area contributed by atoms with Gasteiger partial charge in [-0.3, -0.25) is 0 Å². The second kappa shape index (κ2) is 4.50. The van der Waals surface area contributed by atoms with Crippen LogP contribution in [0.2, 0.25) is 0 Å². The van der Waals surface area contributed by atoms with Gasteiger partial charge in [0.25, 0.3) is 0 Å². The summed E-state index contributed by atoms with van der Waals surface area (Å²) in [5, 5.41) is 0. The minimum absolute atomic E-state index is 0.495. The fourth-order valence-electron chi connectivity index (χ4n) is 2.30. The Morgan fingerprint density at radius 1 is 1.39 bits per heavy atom. The van der Waals surface area contributed by atoms with Gasteiger partial charge in [-0.1, -0.05) is 12.1 Å². The lowest BCUT2D eigenvalue weighted by molar-refractivity contribution is -0.135. The van der Waals surface area contributed by atoms with Gasteiger partial charge in [0.1, 0.15) is 11.5 Å². The Kier molecular flexibility index (Phi) is 2.84. The van der Waals surface area contributed by atoms with E-state index in [1.54, 1.807) is 7.11 Å². The normalized spacial score (nSPS) is 27.9. The summed E-state index contributed by atoms with van der Waals surface area (Å²) in [6.45, 7) is 0.775. The van der Waals surface area contributed by atoms with E-state index >= 15 is 0 Å². The number of ether oxygens (including phenoxy) is 3. The van der Waals surface area contributed by atoms with Crippen LogP contribution >= 0.6 is 0 Å². The number of methoxy groups -OCH3 is 1. The molecule has 3 rings (SSSR count). The van der Waals surface area contributed by atoms with Crippen LogP contribution in [0.4, 0.5) is 0 Å². The van der Waals surface area contributed by atoms with E-state index in [4.69, 9.17) is 14.2 Å². The number of rotatable bonds is 2. The van der Waals surface area contributed by atoms with Crippen molar-refractivity contribution < 1.29 is 14.2 Å². The SMILES string of the molecule is COc1cccc(/C=C2\C=CC3(CCCO3)O2)c1. The first-order chi connectivity index (χ1) is 8.80. The highest BCUT2D eigenvalue weighted by Crippen LogP contribution is 2.36. The van der Waals surface area contributed by atoms with Gasteiger partial charge in [-0.15, -0.1) is 0 Å². The van der Waals surface area contributed by atoms with Crippen LogP contribution in [-0.2, 0) is 9.47 Å². The quantitative estimate of drug-likeness (QED) is 0.800. The smallest absolute Gasteiger partial charge is 0.230 e. The van der Waals surface area contributed by atoms with Crippen LogP contribution < -0.4 is 4.74 Å². The molecule has 0 aliphatic carbocycles. The summed E-state index contributed by atoms with van der Waals surface area (Å²) in [7, 11) is 1.67. The molecule has 2 heterocycles. The van der Waals surface area contributed by atoms with E-state index in [9.17, 15) is 0 Å². The van der Waals surface area contributed by atoms with Crippen LogP contribution in [0.5, 0.6) is 5.75 Å². The van der Waals surface area contributed by atoms with Crippen molar-refractivity contribution in [2.75, 3.05) is 13.7 Å². The predicted octanol–water partition coefficient (Wildman–Crippen LogP) is 3.13. The Morgan fingerprint density at radius 2 is 2.33 bits per heavy atom. The van der Waals surface area contributed by atoms with Crippen molar-refractivity contribution in [2.45, 2.75) is 18.6 Å². The molecule has 1 aromatic carbocycles. The van der Waals surface area contributed by atoms with Crippen molar-refractivity contribution in [1.82, 2.24) is 0 Å². The summed E-state index contributed by atoms with van der Waals surface area (Å²) >= 11 is 0. The number of hydrogen-bond donors (Lipinski definition) is 0. The third-order valence-electron chi connectivity index (χ3n) is 3.21. The maximum Gasteiger partial charge on any atom is 0.230 e. The van der Waals surface area contributed by atoms with Crippen LogP contribution in [-0.4, -0.2) is 19.5 Å². The van der Waals surface area contributed by atoms with Gasteiger partial charge in [-0.05, 0) is 42.3 Å². The van der Waals surface area contributed by atoms with Gasteiger partial charge in [0.2, 0.25) is 5.79 Å². The first kappa shape index (κ1) is 11.4. The summed E-state index contributed by atoms with van der Waals surface area (Å²) in [5.41, 5.74) is 1.06. The molecular weight excluding hydrogens is 228 g/mol. The summed E-state index contributed by atoms with van der Waals surface area (Å²) < 4.78 is 16.7. The molecule has 1 spiro atoms. The van der Waals surface area contributed by atoms with Crippen molar-refractivity contribution in [3.8, 4) is 5.75 Å². The molecule has 1 saturated heterocycles. The van der Waals surface area contributed by atoms with Crippen molar-refractivity contribution in [1.29, 1.82) is 0 Å². The maximum absolute atomic E-state index is 5.87. The Hall–Kier alpha value is -1.74. The first-order valence-electron chi connectivity index (χ1n) is 6.18. The summed E-state index contributed by atoms with van der Waals surface area (Å²) in [6.07, 6.45) is 7.96. The minimum Gasteiger partial charge on any atom is -0.497 e. The lowest BCUT2D eigenvalue weighted by Gasteiger charge is -2.20. The van der Waals surface area contributed by atoms with Gasteiger partial charge in [0.05, 0.1) is 13.7 Å². The lowest BCUT2D eigenvalue weighted by atomic mass is 10.2. The fourth-order valence-corrected chi connectivity index (χ4v) is 2.30. The number of allylic oxidation sites excluding steroid dienone is 1. The highest BCUT2D eigenvalue weighted by molar-refractivity contribution is 5.56. The third-order valence-corrected chi connectivity index (χ3v) is 3.21. The zero-order chi connectivity index (χ0) is 12.4. The van der Waals surface area contributed by atoms with Crippen LogP contribution in [0.1, 0.15) is 18.4 Å². The van der Waals surface area contributed by atoms with E-state index in [0.717, 1.165) is 36.5 Å². The Balaban J connectivity index is 1.79. The van der Waals surface area contributed by atoms with Crippen molar-refractivity contribution in [2.24, 2.45) is 0 Å². The highest BCUT2D eigenvalue weighted by Gasteiger charge is 2.38. The van der Waals surface area contributed by atoms with E-state index in [-0.39, 0.29) is 0 Å². The monoisotopic (exact) mass is 244 g/mol. The molecule has 0 amide bonds. The molecule has 1 unspecified atom stereocenters. The summed E-state index contributed by atoms with van der Waals surface area (Å²) in [6, 6.07) is 7.89. The molecule has 1 fully saturated rings. The standard InChI is InChI=1S/C15H16O3/c1-16-13-5-2-4-12(10-13)11-14-6-8-15(18-14)7-3-9-17-15/h2,4-6,8,10-11H,3,7,9H2,1H3/b14-11+. The number of hydrogen-bond acceptors (Lipinski definition) is 3. The summed E-state index contributed by atoms with van der Waals surface area (Å²) in [5.74, 6) is 1.19. The number of benzene rings is 1. The molecule has 3 heteroatoms. The van der Waals surface area contributed by atoms with E-state index in [2.05, 4.69) is 0 Å². The molecule has 18 heavy (non-hydrogen) atoms. The fraction of sp³-hybridized carbons (Fsp3) is 0.333. The maximum atomic E-state index is 5.87. The lowest BCUT2D eigenvalue weighted by Crippen LogP contribution is -2.24. The largest absolute Gasteiger partial charge is 0.497 e. The van der Waals surface area contributed by atoms with E-state index < -0.39 is 5.79 Å². The van der Waals surface area contributed by atoms with Crippen LogP contribution in [0.15, 0.2) is 42.2 Å². The molecule has 0 saturated carbocycles. The molecule has 1 aromatic rings. The summed E-state index contributed by atoms with van der Waals surface area (Å²) in [4.78, 5) is 0. The van der Waals surface area contributed by atoms with Gasteiger partial charge in [-0.2, -0.15) is 0 Å². The first-order valence-corrected chi connectivity index (χ1v) is 6.18. The van der Waals surface area contributed by atoms with Crippen LogP contribution in [0, 0.1) is 0 Å². The van der Waals surface area contributed by atoms with Crippen LogP contribution in [0.3, 0.4) is 0 Å². The molecule has 1 atom stereocenters. The average Bonchev–Trinajstić information content (AvgIpc) is 3.01. The average molecular weight is 244 g/mol. The van der Waals surface area contributed by atoms with Gasteiger partial charge in [0, 0.05) is 6.42 Å². The molecule has 2 aliphatic heterocycles. The topological polar surface area (TPSA) is 27.7 Å². The van der Waals surface area contributed by atoms with Gasteiger partial charge >= 0.3 is 0 Å². The Morgan fingerprint density at radius 3 is 3.11 bits per heavy atom. The molecule has 0 aromatic heterocycles. The van der Waals surface area contributed by atoms with E-state index in [0.29, 0.717) is 0 Å². The van der Waals surface area contributed by atoms with E-state index in [1.807, 2.05) is 42.5 Å². The van der Waals surface area contributed by atoms with Crippen molar-refractivity contribution >= 4 is 6.08 Å². The predicted molar refractivity (Wildman–Crippen MR) is 69.1 cm³/mol. The van der Waals surface area contributed by atoms with Crippen molar-refractivity contribution in [3.63, 3.8) is 0 Å². The third kappa shape index (κ3) is 2.14. The molecular formula is C15H16O3. The second-order valence-corrected chi connectivity index (χ2v) is 4.52. The zero-order valence-corrected chi connectivity index (χ0v) is 10.4. The molecule has 0 radical (unpaired) electrons. The van der Waals surface area contributed by atoms with E-state index in [1.165, 1.54) is 0 Å². The van der Waals surface area contributed by atoms with Gasteiger partial charge < -0.3 is 14.2 Å². The van der Waals surface area contributed by atoms with Gasteiger partial charge in [0.15, 0.2) is 0 Å². The van der Waals surface area contributed by atoms with Crippen LogP contribution in [0.25, 0.3) is 6.08 Å². The Bertz CT molecular complexity index is 496. The zero-order valence-electron chi connectivity index (χ0n) is 10.4. The highest BCUT2D eigenvalue weighted by atomic mass is 16.7. The minimum atomic E-state index is -0.495. The molecule has 3 nitrogen and oxygen atoms in total. The van der Waals surface area contributed by atoms with Crippen molar-refractivity contribution in [3.05, 3.63) is 47.7 Å².